The van der Waals surface area contributed by atoms with E-state index in [1.807, 2.05) is 0 Å². The third-order valence-electron chi connectivity index (χ3n) is 1.29. The minimum Gasteiger partial charge on any atom is -0.378 e. The molecule has 0 aliphatic rings. The van der Waals surface area contributed by atoms with Gasteiger partial charge in [0.25, 0.3) is 5.91 Å². The molecule has 1 heterocycles. The maximum atomic E-state index is 10.5. The lowest BCUT2D eigenvalue weighted by molar-refractivity contribution is -0.126. The van der Waals surface area contributed by atoms with Crippen molar-refractivity contribution in [2.75, 3.05) is 0 Å². The average Bonchev–Trinajstić information content (AvgIpc) is 2.05. The molecule has 0 aromatic carbocycles. The molecule has 0 saturated carbocycles. The van der Waals surface area contributed by atoms with E-state index < -0.39 is 12.0 Å². The van der Waals surface area contributed by atoms with Crippen LogP contribution in [0.1, 0.15) is 11.7 Å². The fourth-order valence-corrected chi connectivity index (χ4v) is 0.710. The van der Waals surface area contributed by atoms with Crippen LogP contribution in [0.5, 0.6) is 0 Å². The third-order valence-corrected chi connectivity index (χ3v) is 1.29. The van der Waals surface area contributed by atoms with Crippen molar-refractivity contribution in [1.29, 1.82) is 0 Å². The molecule has 0 saturated heterocycles. The van der Waals surface area contributed by atoms with Gasteiger partial charge in [0.05, 0.1) is 0 Å². The third kappa shape index (κ3) is 1.75. The second-order valence-electron chi connectivity index (χ2n) is 2.09. The summed E-state index contributed by atoms with van der Waals surface area (Å²) in [6.07, 6.45) is 1.75. The van der Waals surface area contributed by atoms with E-state index in [2.05, 4.69) is 4.98 Å². The molecule has 1 unspecified atom stereocenters. The summed E-state index contributed by atoms with van der Waals surface area (Å²) < 4.78 is 0. The normalized spacial score (nSPS) is 12.5. The van der Waals surface area contributed by atoms with Gasteiger partial charge in [0.2, 0.25) is 0 Å². The Bertz CT molecular complexity index is 248. The van der Waals surface area contributed by atoms with Crippen molar-refractivity contribution in [2.24, 2.45) is 5.73 Å². The number of aliphatic hydroxyl groups is 1. The van der Waals surface area contributed by atoms with E-state index in [-0.39, 0.29) is 0 Å². The molecule has 0 aliphatic heterocycles. The molecule has 4 heteroatoms. The molecule has 0 fully saturated rings. The first-order chi connectivity index (χ1) is 5.22. The van der Waals surface area contributed by atoms with Crippen LogP contribution in [-0.2, 0) is 4.79 Å². The number of primary amides is 1. The van der Waals surface area contributed by atoms with Crippen molar-refractivity contribution >= 4 is 5.91 Å². The number of aromatic nitrogens is 1. The van der Waals surface area contributed by atoms with E-state index in [4.69, 9.17) is 10.8 Å². The van der Waals surface area contributed by atoms with E-state index in [1.54, 1.807) is 0 Å². The molecule has 3 N–H and O–H groups in total. The van der Waals surface area contributed by atoms with Crippen LogP contribution in [0.2, 0.25) is 0 Å². The van der Waals surface area contributed by atoms with Crippen LogP contribution in [-0.4, -0.2) is 16.0 Å². The fourth-order valence-electron chi connectivity index (χ4n) is 0.710. The first-order valence-corrected chi connectivity index (χ1v) is 3.09. The summed E-state index contributed by atoms with van der Waals surface area (Å²) >= 11 is 0. The molecule has 4 nitrogen and oxygen atoms in total. The predicted octanol–water partition coefficient (Wildman–Crippen LogP) is -0.400. The van der Waals surface area contributed by atoms with Crippen molar-refractivity contribution in [3.8, 4) is 0 Å². The van der Waals surface area contributed by atoms with Gasteiger partial charge in [0.15, 0.2) is 6.10 Å². The smallest absolute Gasteiger partial charge is 0.250 e. The summed E-state index contributed by atoms with van der Waals surface area (Å²) in [5, 5.41) is 9.10. The Morgan fingerprint density at radius 2 is 2.09 bits per heavy atom. The van der Waals surface area contributed by atoms with Crippen molar-refractivity contribution < 1.29 is 9.90 Å². The topological polar surface area (TPSA) is 76.2 Å². The molecule has 1 aromatic heterocycles. The number of pyridine rings is 1. The van der Waals surface area contributed by atoms with Gasteiger partial charge < -0.3 is 10.8 Å². The average molecular weight is 152 g/mol. The SMILES string of the molecule is NC(=O)C(O)c1ccncc1. The molecule has 0 aliphatic carbocycles. The van der Waals surface area contributed by atoms with Gasteiger partial charge in [-0.3, -0.25) is 9.78 Å². The second-order valence-corrected chi connectivity index (χ2v) is 2.09. The Morgan fingerprint density at radius 1 is 1.55 bits per heavy atom. The number of nitrogens with two attached hydrogens (primary N) is 1. The van der Waals surface area contributed by atoms with Crippen LogP contribution in [0.25, 0.3) is 0 Å². The minimum absolute atomic E-state index is 0.465. The van der Waals surface area contributed by atoms with Crippen LogP contribution in [0, 0.1) is 0 Å². The highest BCUT2D eigenvalue weighted by Gasteiger charge is 2.11. The van der Waals surface area contributed by atoms with Gasteiger partial charge in [-0.15, -0.1) is 0 Å². The van der Waals surface area contributed by atoms with Gasteiger partial charge in [0, 0.05) is 12.4 Å². The lowest BCUT2D eigenvalue weighted by Crippen LogP contribution is -2.20. The molecule has 58 valence electrons. The van der Waals surface area contributed by atoms with E-state index in [0.717, 1.165) is 0 Å². The second kappa shape index (κ2) is 3.12. The maximum Gasteiger partial charge on any atom is 0.250 e. The Hall–Kier alpha value is -1.42. The molecule has 1 atom stereocenters. The predicted molar refractivity (Wildman–Crippen MR) is 38.4 cm³/mol. The zero-order valence-electron chi connectivity index (χ0n) is 5.77. The zero-order chi connectivity index (χ0) is 8.27. The van der Waals surface area contributed by atoms with Crippen molar-refractivity contribution in [3.63, 3.8) is 0 Å². The number of aliphatic hydroxyl groups excluding tert-OH is 1. The van der Waals surface area contributed by atoms with Crippen molar-refractivity contribution in [1.82, 2.24) is 4.98 Å². The number of hydrogen-bond donors (Lipinski definition) is 2. The Kier molecular flexibility index (Phi) is 2.18. The quantitative estimate of drug-likeness (QED) is 0.605. The number of rotatable bonds is 2. The molecule has 0 radical (unpaired) electrons. The number of hydrogen-bond acceptors (Lipinski definition) is 3. The Morgan fingerprint density at radius 3 is 2.55 bits per heavy atom. The Balaban J connectivity index is 2.85. The standard InChI is InChI=1S/C7H8N2O2/c8-7(11)6(10)5-1-3-9-4-2-5/h1-4,6,10H,(H2,8,11). The summed E-state index contributed by atoms with van der Waals surface area (Å²) in [5.41, 5.74) is 5.32. The van der Waals surface area contributed by atoms with Crippen LogP contribution in [0.3, 0.4) is 0 Å². The maximum absolute atomic E-state index is 10.5. The summed E-state index contributed by atoms with van der Waals surface area (Å²) in [6, 6.07) is 3.07. The van der Waals surface area contributed by atoms with Crippen LogP contribution < -0.4 is 5.73 Å². The Labute approximate surface area is 63.7 Å². The zero-order valence-corrected chi connectivity index (χ0v) is 5.77. The summed E-state index contributed by atoms with van der Waals surface area (Å²) in [6.45, 7) is 0. The number of carbonyl (C=O) groups excluding carboxylic acids is 1. The van der Waals surface area contributed by atoms with E-state index in [0.29, 0.717) is 5.56 Å². The van der Waals surface area contributed by atoms with E-state index >= 15 is 0 Å². The van der Waals surface area contributed by atoms with Gasteiger partial charge in [-0.05, 0) is 17.7 Å². The number of nitrogens with zero attached hydrogens (tertiary/aromatic N) is 1. The molecular weight excluding hydrogens is 144 g/mol. The van der Waals surface area contributed by atoms with Crippen molar-refractivity contribution in [3.05, 3.63) is 30.1 Å². The number of carbonyl (C=O) groups is 1. The molecule has 0 bridgehead atoms. The lowest BCUT2D eigenvalue weighted by Gasteiger charge is -2.04. The summed E-state index contributed by atoms with van der Waals surface area (Å²) in [4.78, 5) is 14.2. The molecule has 11 heavy (non-hydrogen) atoms. The highest BCUT2D eigenvalue weighted by molar-refractivity contribution is 5.79. The van der Waals surface area contributed by atoms with Crippen LogP contribution in [0.15, 0.2) is 24.5 Å². The molecule has 0 spiro atoms. The van der Waals surface area contributed by atoms with Crippen LogP contribution >= 0.6 is 0 Å². The van der Waals surface area contributed by atoms with Gasteiger partial charge in [-0.25, -0.2) is 0 Å². The van der Waals surface area contributed by atoms with Gasteiger partial charge in [-0.1, -0.05) is 0 Å². The highest BCUT2D eigenvalue weighted by atomic mass is 16.3. The van der Waals surface area contributed by atoms with E-state index in [1.165, 1.54) is 24.5 Å². The monoisotopic (exact) mass is 152 g/mol. The minimum atomic E-state index is -1.22. The van der Waals surface area contributed by atoms with Crippen molar-refractivity contribution in [2.45, 2.75) is 6.10 Å². The van der Waals surface area contributed by atoms with Crippen LogP contribution in [0.4, 0.5) is 0 Å². The molecular formula is C7H8N2O2. The first-order valence-electron chi connectivity index (χ1n) is 3.09. The van der Waals surface area contributed by atoms with Gasteiger partial charge in [-0.2, -0.15) is 0 Å². The summed E-state index contributed by atoms with van der Waals surface area (Å²) in [7, 11) is 0. The lowest BCUT2D eigenvalue weighted by atomic mass is 10.1. The molecule has 1 amide bonds. The fraction of sp³-hybridized carbons (Fsp3) is 0.143. The summed E-state index contributed by atoms with van der Waals surface area (Å²) in [5.74, 6) is -0.754. The first kappa shape index (κ1) is 7.68. The highest BCUT2D eigenvalue weighted by Crippen LogP contribution is 2.08. The number of amides is 1. The van der Waals surface area contributed by atoms with Gasteiger partial charge in [0.1, 0.15) is 0 Å². The largest absolute Gasteiger partial charge is 0.378 e. The van der Waals surface area contributed by atoms with Gasteiger partial charge >= 0.3 is 0 Å². The van der Waals surface area contributed by atoms with E-state index in [9.17, 15) is 4.79 Å². The molecule has 1 aromatic rings. The molecule has 1 rings (SSSR count).